The second-order valence-corrected chi connectivity index (χ2v) is 4.79. The first-order chi connectivity index (χ1) is 9.15. The topological polar surface area (TPSA) is 47.7 Å². The minimum atomic E-state index is 0.784. The summed E-state index contributed by atoms with van der Waals surface area (Å²) in [6.07, 6.45) is 1.96. The first kappa shape index (κ1) is 13.8. The van der Waals surface area contributed by atoms with E-state index in [-0.39, 0.29) is 0 Å². The molecule has 2 rings (SSSR count). The van der Waals surface area contributed by atoms with Crippen molar-refractivity contribution < 1.29 is 0 Å². The molecule has 0 aliphatic rings. The summed E-state index contributed by atoms with van der Waals surface area (Å²) in [5.74, 6) is 0. The van der Waals surface area contributed by atoms with Gasteiger partial charge in [0.2, 0.25) is 0 Å². The van der Waals surface area contributed by atoms with E-state index in [0.29, 0.717) is 0 Å². The third kappa shape index (κ3) is 3.04. The van der Waals surface area contributed by atoms with Gasteiger partial charge in [-0.15, -0.1) is 0 Å². The Morgan fingerprint density at radius 1 is 1.21 bits per heavy atom. The number of aryl methyl sites for hydroxylation is 2. The molecule has 0 amide bonds. The molecule has 0 saturated heterocycles. The third-order valence-electron chi connectivity index (χ3n) is 3.37. The average molecular weight is 261 g/mol. The lowest BCUT2D eigenvalue weighted by Gasteiger charge is -2.07. The SMILES string of the molecule is CCNCc1cnn(Cc2cc(C)nn2CC)c1C. The molecule has 2 aromatic rings. The Kier molecular flexibility index (Phi) is 4.37. The van der Waals surface area contributed by atoms with Crippen LogP contribution >= 0.6 is 0 Å². The average Bonchev–Trinajstić information content (AvgIpc) is 2.92. The lowest BCUT2D eigenvalue weighted by Crippen LogP contribution is -2.13. The van der Waals surface area contributed by atoms with Crippen molar-refractivity contribution in [3.63, 3.8) is 0 Å². The second kappa shape index (κ2) is 6.02. The van der Waals surface area contributed by atoms with Crippen molar-refractivity contribution in [2.24, 2.45) is 0 Å². The predicted octanol–water partition coefficient (Wildman–Crippen LogP) is 1.87. The van der Waals surface area contributed by atoms with Crippen molar-refractivity contribution in [1.82, 2.24) is 24.9 Å². The fourth-order valence-electron chi connectivity index (χ4n) is 2.23. The zero-order valence-corrected chi connectivity index (χ0v) is 12.3. The molecule has 1 N–H and O–H groups in total. The Labute approximate surface area is 114 Å². The normalized spacial score (nSPS) is 11.2. The van der Waals surface area contributed by atoms with E-state index in [9.17, 15) is 0 Å². The van der Waals surface area contributed by atoms with E-state index in [1.807, 2.05) is 17.8 Å². The molecule has 0 saturated carbocycles. The Hall–Kier alpha value is -1.62. The van der Waals surface area contributed by atoms with Gasteiger partial charge in [-0.2, -0.15) is 10.2 Å². The van der Waals surface area contributed by atoms with Crippen LogP contribution < -0.4 is 5.32 Å². The molecule has 2 heterocycles. The van der Waals surface area contributed by atoms with Gasteiger partial charge in [-0.3, -0.25) is 9.36 Å². The van der Waals surface area contributed by atoms with Gasteiger partial charge in [0, 0.05) is 24.3 Å². The van der Waals surface area contributed by atoms with Crippen molar-refractivity contribution in [3.05, 3.63) is 34.9 Å². The van der Waals surface area contributed by atoms with Crippen LogP contribution in [-0.4, -0.2) is 26.1 Å². The van der Waals surface area contributed by atoms with Crippen molar-refractivity contribution >= 4 is 0 Å². The molecule has 0 unspecified atom stereocenters. The van der Waals surface area contributed by atoms with Crippen LogP contribution in [0, 0.1) is 13.8 Å². The highest BCUT2D eigenvalue weighted by atomic mass is 15.3. The van der Waals surface area contributed by atoms with Crippen molar-refractivity contribution in [2.75, 3.05) is 6.54 Å². The smallest absolute Gasteiger partial charge is 0.0831 e. The first-order valence-corrected chi connectivity index (χ1v) is 6.91. The summed E-state index contributed by atoms with van der Waals surface area (Å²) in [7, 11) is 0. The van der Waals surface area contributed by atoms with E-state index in [1.165, 1.54) is 17.0 Å². The lowest BCUT2D eigenvalue weighted by atomic mass is 10.2. The number of nitrogens with one attached hydrogen (secondary N) is 1. The van der Waals surface area contributed by atoms with Gasteiger partial charge < -0.3 is 5.32 Å². The summed E-state index contributed by atoms with van der Waals surface area (Å²) in [4.78, 5) is 0. The molecular weight excluding hydrogens is 238 g/mol. The number of rotatable bonds is 6. The summed E-state index contributed by atoms with van der Waals surface area (Å²) < 4.78 is 4.09. The molecule has 0 atom stereocenters. The Balaban J connectivity index is 2.16. The van der Waals surface area contributed by atoms with Crippen LogP contribution in [0.5, 0.6) is 0 Å². The summed E-state index contributed by atoms with van der Waals surface area (Å²) >= 11 is 0. The highest BCUT2D eigenvalue weighted by molar-refractivity contribution is 5.18. The third-order valence-corrected chi connectivity index (χ3v) is 3.37. The van der Waals surface area contributed by atoms with Gasteiger partial charge in [0.25, 0.3) is 0 Å². The van der Waals surface area contributed by atoms with Gasteiger partial charge in [0.05, 0.1) is 24.1 Å². The number of nitrogens with zero attached hydrogens (tertiary/aromatic N) is 4. The molecule has 0 radical (unpaired) electrons. The molecule has 104 valence electrons. The van der Waals surface area contributed by atoms with Crippen LogP contribution in [0.1, 0.15) is 36.5 Å². The predicted molar refractivity (Wildman–Crippen MR) is 76.1 cm³/mol. The number of aromatic nitrogens is 4. The van der Waals surface area contributed by atoms with Gasteiger partial charge in [0.15, 0.2) is 0 Å². The zero-order valence-electron chi connectivity index (χ0n) is 12.3. The van der Waals surface area contributed by atoms with E-state index in [1.54, 1.807) is 0 Å². The van der Waals surface area contributed by atoms with E-state index in [0.717, 1.165) is 31.9 Å². The molecule has 5 nitrogen and oxygen atoms in total. The number of hydrogen-bond donors (Lipinski definition) is 1. The van der Waals surface area contributed by atoms with E-state index in [2.05, 4.69) is 47.0 Å². The Bertz CT molecular complexity index is 538. The van der Waals surface area contributed by atoms with E-state index in [4.69, 9.17) is 0 Å². The van der Waals surface area contributed by atoms with Crippen molar-refractivity contribution in [3.8, 4) is 0 Å². The summed E-state index contributed by atoms with van der Waals surface area (Å²) in [6, 6.07) is 2.13. The van der Waals surface area contributed by atoms with Crippen molar-refractivity contribution in [1.29, 1.82) is 0 Å². The Morgan fingerprint density at radius 3 is 2.68 bits per heavy atom. The molecule has 0 aliphatic heterocycles. The molecule has 0 aliphatic carbocycles. The van der Waals surface area contributed by atoms with Crippen LogP contribution in [0.2, 0.25) is 0 Å². The maximum Gasteiger partial charge on any atom is 0.0831 e. The highest BCUT2D eigenvalue weighted by Gasteiger charge is 2.09. The zero-order chi connectivity index (χ0) is 13.8. The summed E-state index contributed by atoms with van der Waals surface area (Å²) in [6.45, 7) is 11.9. The molecule has 2 aromatic heterocycles. The highest BCUT2D eigenvalue weighted by Crippen LogP contribution is 2.11. The minimum Gasteiger partial charge on any atom is -0.313 e. The van der Waals surface area contributed by atoms with Gasteiger partial charge in [-0.1, -0.05) is 6.92 Å². The molecule has 0 fully saturated rings. The largest absolute Gasteiger partial charge is 0.313 e. The van der Waals surface area contributed by atoms with Crippen LogP contribution in [0.3, 0.4) is 0 Å². The van der Waals surface area contributed by atoms with Gasteiger partial charge in [-0.05, 0) is 33.4 Å². The monoisotopic (exact) mass is 261 g/mol. The summed E-state index contributed by atoms with van der Waals surface area (Å²) in [5, 5.41) is 12.3. The standard InChI is InChI=1S/C14H23N5/c1-5-15-8-13-9-16-19(12(13)4)10-14-7-11(3)17-18(14)6-2/h7,9,15H,5-6,8,10H2,1-4H3. The van der Waals surface area contributed by atoms with Crippen LogP contribution in [0.25, 0.3) is 0 Å². The van der Waals surface area contributed by atoms with Crippen molar-refractivity contribution in [2.45, 2.75) is 47.3 Å². The minimum absolute atomic E-state index is 0.784. The fourth-order valence-corrected chi connectivity index (χ4v) is 2.23. The quantitative estimate of drug-likeness (QED) is 0.863. The van der Waals surface area contributed by atoms with Gasteiger partial charge in [-0.25, -0.2) is 0 Å². The molecule has 0 bridgehead atoms. The fraction of sp³-hybridized carbons (Fsp3) is 0.571. The lowest BCUT2D eigenvalue weighted by molar-refractivity contribution is 0.567. The first-order valence-electron chi connectivity index (χ1n) is 6.91. The number of hydrogen-bond acceptors (Lipinski definition) is 3. The molecule has 0 spiro atoms. The van der Waals surface area contributed by atoms with Gasteiger partial charge in [0.1, 0.15) is 0 Å². The van der Waals surface area contributed by atoms with Gasteiger partial charge >= 0.3 is 0 Å². The van der Waals surface area contributed by atoms with Crippen LogP contribution in [-0.2, 0) is 19.6 Å². The maximum absolute atomic E-state index is 4.48. The molecule has 5 heteroatoms. The molecule has 0 aromatic carbocycles. The molecule has 19 heavy (non-hydrogen) atoms. The Morgan fingerprint density at radius 2 is 2.00 bits per heavy atom. The summed E-state index contributed by atoms with van der Waals surface area (Å²) in [5.41, 5.74) is 4.76. The van der Waals surface area contributed by atoms with E-state index < -0.39 is 0 Å². The van der Waals surface area contributed by atoms with E-state index >= 15 is 0 Å². The van der Waals surface area contributed by atoms with Crippen LogP contribution in [0.15, 0.2) is 12.3 Å². The van der Waals surface area contributed by atoms with Crippen LogP contribution in [0.4, 0.5) is 0 Å². The second-order valence-electron chi connectivity index (χ2n) is 4.79. The molecular formula is C14H23N5. The maximum atomic E-state index is 4.48.